The molecule has 1 aromatic heterocycles. The molecule has 0 aromatic carbocycles. The lowest BCUT2D eigenvalue weighted by Gasteiger charge is -2.13. The predicted octanol–water partition coefficient (Wildman–Crippen LogP) is 4.01. The molecule has 0 aliphatic heterocycles. The Morgan fingerprint density at radius 2 is 2.00 bits per heavy atom. The van der Waals surface area contributed by atoms with E-state index in [9.17, 15) is 4.79 Å². The first-order valence-electron chi connectivity index (χ1n) is 6.44. The van der Waals surface area contributed by atoms with Gasteiger partial charge < -0.3 is 5.32 Å². The maximum Gasteiger partial charge on any atom is 0.251 e. The molecule has 0 saturated heterocycles. The Balaban J connectivity index is 1.85. The van der Waals surface area contributed by atoms with E-state index in [0.717, 1.165) is 12.8 Å². The van der Waals surface area contributed by atoms with E-state index in [1.807, 2.05) is 0 Å². The third-order valence-electron chi connectivity index (χ3n) is 3.14. The Hall–Kier alpha value is -1.06. The summed E-state index contributed by atoms with van der Waals surface area (Å²) < 4.78 is 0. The summed E-state index contributed by atoms with van der Waals surface area (Å²) in [6.07, 6.45) is 8.06. The second-order valence-corrected chi connectivity index (χ2v) is 5.39. The summed E-state index contributed by atoms with van der Waals surface area (Å²) >= 11 is 11.5. The van der Waals surface area contributed by atoms with E-state index in [2.05, 4.69) is 16.4 Å². The van der Waals surface area contributed by atoms with Crippen LogP contribution in [-0.4, -0.2) is 17.4 Å². The number of rotatable bonds is 4. The molecule has 1 N–H and O–H groups in total. The number of nitrogens with one attached hydrogen (secondary N) is 1. The van der Waals surface area contributed by atoms with Crippen LogP contribution in [0.3, 0.4) is 0 Å². The van der Waals surface area contributed by atoms with Gasteiger partial charge in [0.2, 0.25) is 0 Å². The molecule has 3 nitrogen and oxygen atoms in total. The molecular weight excluding hydrogens is 283 g/mol. The molecule has 0 radical (unpaired) electrons. The molecule has 1 aromatic rings. The van der Waals surface area contributed by atoms with Crippen LogP contribution in [-0.2, 0) is 0 Å². The van der Waals surface area contributed by atoms with Gasteiger partial charge in [-0.2, -0.15) is 0 Å². The second kappa shape index (κ2) is 6.92. The topological polar surface area (TPSA) is 42.0 Å². The Morgan fingerprint density at radius 3 is 2.63 bits per heavy atom. The predicted molar refractivity (Wildman–Crippen MR) is 77.8 cm³/mol. The van der Waals surface area contributed by atoms with Crippen LogP contribution in [0.25, 0.3) is 0 Å². The summed E-state index contributed by atoms with van der Waals surface area (Å²) in [5, 5.41) is 3.33. The number of hydrogen-bond donors (Lipinski definition) is 1. The van der Waals surface area contributed by atoms with Gasteiger partial charge >= 0.3 is 0 Å². The molecule has 0 saturated carbocycles. The van der Waals surface area contributed by atoms with E-state index in [-0.39, 0.29) is 16.2 Å². The van der Waals surface area contributed by atoms with Crippen molar-refractivity contribution in [2.24, 2.45) is 0 Å². The van der Waals surface area contributed by atoms with Gasteiger partial charge in [-0.05, 0) is 44.2 Å². The standard InChI is InChI=1S/C14H16Cl2N2O/c15-12-8-11(9-13(16)18-12)14(19)17-7-6-10-4-2-1-3-5-10/h4,8-9H,1-3,5-7H2,(H,17,19). The molecule has 102 valence electrons. The van der Waals surface area contributed by atoms with E-state index in [0.29, 0.717) is 12.1 Å². The van der Waals surface area contributed by atoms with E-state index in [1.165, 1.54) is 37.0 Å². The first-order valence-corrected chi connectivity index (χ1v) is 7.20. The molecule has 1 aliphatic carbocycles. The van der Waals surface area contributed by atoms with Crippen LogP contribution in [0.5, 0.6) is 0 Å². The second-order valence-electron chi connectivity index (χ2n) is 4.62. The minimum Gasteiger partial charge on any atom is -0.352 e. The van der Waals surface area contributed by atoms with Crippen LogP contribution >= 0.6 is 23.2 Å². The van der Waals surface area contributed by atoms with Crippen molar-refractivity contribution in [3.8, 4) is 0 Å². The van der Waals surface area contributed by atoms with Gasteiger partial charge in [-0.1, -0.05) is 34.9 Å². The third-order valence-corrected chi connectivity index (χ3v) is 3.53. The summed E-state index contributed by atoms with van der Waals surface area (Å²) in [6, 6.07) is 3.03. The number of hydrogen-bond acceptors (Lipinski definition) is 2. The highest BCUT2D eigenvalue weighted by atomic mass is 35.5. The minimum absolute atomic E-state index is 0.164. The number of carbonyl (C=O) groups is 1. The molecule has 5 heteroatoms. The fourth-order valence-corrected chi connectivity index (χ4v) is 2.63. The summed E-state index contributed by atoms with van der Waals surface area (Å²) in [5.74, 6) is -0.164. The Bertz CT molecular complexity index is 480. The van der Waals surface area contributed by atoms with Crippen LogP contribution in [0.1, 0.15) is 42.5 Å². The molecule has 19 heavy (non-hydrogen) atoms. The average Bonchev–Trinajstić information content (AvgIpc) is 2.38. The maximum absolute atomic E-state index is 11.9. The molecule has 2 rings (SSSR count). The van der Waals surface area contributed by atoms with Gasteiger partial charge in [0.05, 0.1) is 0 Å². The lowest BCUT2D eigenvalue weighted by Crippen LogP contribution is -2.25. The van der Waals surface area contributed by atoms with Crippen LogP contribution in [0.15, 0.2) is 23.8 Å². The van der Waals surface area contributed by atoms with Crippen molar-refractivity contribution in [3.63, 3.8) is 0 Å². The number of carbonyl (C=O) groups excluding carboxylic acids is 1. The highest BCUT2D eigenvalue weighted by Gasteiger charge is 2.09. The van der Waals surface area contributed by atoms with Crippen LogP contribution in [0.4, 0.5) is 0 Å². The fraction of sp³-hybridized carbons (Fsp3) is 0.429. The first-order chi connectivity index (χ1) is 9.15. The summed E-state index contributed by atoms with van der Waals surface area (Å²) in [7, 11) is 0. The zero-order valence-electron chi connectivity index (χ0n) is 10.6. The van der Waals surface area contributed by atoms with E-state index < -0.39 is 0 Å². The van der Waals surface area contributed by atoms with E-state index in [4.69, 9.17) is 23.2 Å². The molecule has 0 spiro atoms. The van der Waals surface area contributed by atoms with Gasteiger partial charge in [-0.25, -0.2) is 4.98 Å². The molecule has 1 amide bonds. The highest BCUT2D eigenvalue weighted by Crippen LogP contribution is 2.19. The number of amides is 1. The monoisotopic (exact) mass is 298 g/mol. The summed E-state index contributed by atoms with van der Waals surface area (Å²) in [4.78, 5) is 15.7. The Kier molecular flexibility index (Phi) is 5.23. The average molecular weight is 299 g/mol. The fourth-order valence-electron chi connectivity index (χ4n) is 2.17. The van der Waals surface area contributed by atoms with Crippen molar-refractivity contribution in [1.82, 2.24) is 10.3 Å². The van der Waals surface area contributed by atoms with Gasteiger partial charge in [0.25, 0.3) is 5.91 Å². The zero-order chi connectivity index (χ0) is 13.7. The van der Waals surface area contributed by atoms with Crippen molar-refractivity contribution < 1.29 is 4.79 Å². The molecule has 1 heterocycles. The smallest absolute Gasteiger partial charge is 0.251 e. The maximum atomic E-state index is 11.9. The lowest BCUT2D eigenvalue weighted by molar-refractivity contribution is 0.0954. The van der Waals surface area contributed by atoms with Crippen LogP contribution in [0, 0.1) is 0 Å². The minimum atomic E-state index is -0.164. The van der Waals surface area contributed by atoms with E-state index in [1.54, 1.807) is 0 Å². The van der Waals surface area contributed by atoms with Gasteiger partial charge in [0, 0.05) is 12.1 Å². The highest BCUT2D eigenvalue weighted by molar-refractivity contribution is 6.33. The van der Waals surface area contributed by atoms with Gasteiger partial charge in [-0.3, -0.25) is 4.79 Å². The lowest BCUT2D eigenvalue weighted by atomic mass is 9.97. The van der Waals surface area contributed by atoms with Crippen molar-refractivity contribution in [2.45, 2.75) is 32.1 Å². The molecule has 0 fully saturated rings. The Labute approximate surface area is 123 Å². The molecule has 0 bridgehead atoms. The SMILES string of the molecule is O=C(NCCC1=CCCCC1)c1cc(Cl)nc(Cl)c1. The van der Waals surface area contributed by atoms with Crippen LogP contribution < -0.4 is 5.32 Å². The third kappa shape index (κ3) is 4.51. The zero-order valence-corrected chi connectivity index (χ0v) is 12.1. The normalized spacial score (nSPS) is 14.9. The van der Waals surface area contributed by atoms with Crippen molar-refractivity contribution >= 4 is 29.1 Å². The molecular formula is C14H16Cl2N2O. The number of aromatic nitrogens is 1. The van der Waals surface area contributed by atoms with Crippen LogP contribution in [0.2, 0.25) is 10.3 Å². The first kappa shape index (κ1) is 14.4. The number of pyridine rings is 1. The number of allylic oxidation sites excluding steroid dienone is 1. The Morgan fingerprint density at radius 1 is 1.26 bits per heavy atom. The van der Waals surface area contributed by atoms with Gasteiger partial charge in [0.15, 0.2) is 0 Å². The quantitative estimate of drug-likeness (QED) is 0.674. The summed E-state index contributed by atoms with van der Waals surface area (Å²) in [5.41, 5.74) is 1.89. The largest absolute Gasteiger partial charge is 0.352 e. The van der Waals surface area contributed by atoms with Crippen molar-refractivity contribution in [3.05, 3.63) is 39.7 Å². The van der Waals surface area contributed by atoms with E-state index >= 15 is 0 Å². The van der Waals surface area contributed by atoms with Gasteiger partial charge in [-0.15, -0.1) is 0 Å². The number of halogens is 2. The summed E-state index contributed by atoms with van der Waals surface area (Å²) in [6.45, 7) is 0.641. The molecule has 0 atom stereocenters. The molecule has 1 aliphatic rings. The van der Waals surface area contributed by atoms with Gasteiger partial charge in [0.1, 0.15) is 10.3 Å². The number of nitrogens with zero attached hydrogens (tertiary/aromatic N) is 1. The van der Waals surface area contributed by atoms with Crippen molar-refractivity contribution in [1.29, 1.82) is 0 Å². The molecule has 0 unspecified atom stereocenters. The van der Waals surface area contributed by atoms with Crippen molar-refractivity contribution in [2.75, 3.05) is 6.54 Å².